The highest BCUT2D eigenvalue weighted by atomic mass is 19.1. The van der Waals surface area contributed by atoms with E-state index in [-0.39, 0.29) is 11.1 Å². The molecule has 0 bridgehead atoms. The van der Waals surface area contributed by atoms with Crippen molar-refractivity contribution in [2.45, 2.75) is 6.67 Å². The van der Waals surface area contributed by atoms with Crippen LogP contribution in [0.3, 0.4) is 0 Å². The summed E-state index contributed by atoms with van der Waals surface area (Å²) in [5.41, 5.74) is 1.41. The van der Waals surface area contributed by atoms with Crippen LogP contribution >= 0.6 is 0 Å². The summed E-state index contributed by atoms with van der Waals surface area (Å²) in [5, 5.41) is 0. The number of halogens is 2. The van der Waals surface area contributed by atoms with E-state index in [0.717, 1.165) is 0 Å². The third-order valence-electron chi connectivity index (χ3n) is 4.35. The molecular formula is C22H15F2N3O. The van der Waals surface area contributed by atoms with Crippen molar-refractivity contribution in [2.75, 3.05) is 0 Å². The molecule has 6 heteroatoms. The summed E-state index contributed by atoms with van der Waals surface area (Å²) in [6.45, 7) is -0.649. The van der Waals surface area contributed by atoms with Crippen LogP contribution in [0.1, 0.15) is 5.56 Å². The summed E-state index contributed by atoms with van der Waals surface area (Å²) in [6.07, 6.45) is 4.76. The van der Waals surface area contributed by atoms with Gasteiger partial charge in [0.05, 0.1) is 5.56 Å². The van der Waals surface area contributed by atoms with E-state index in [4.69, 9.17) is 0 Å². The molecule has 28 heavy (non-hydrogen) atoms. The number of hydrogen-bond donors (Lipinski definition) is 0. The van der Waals surface area contributed by atoms with Crippen LogP contribution in [-0.4, -0.2) is 14.5 Å². The van der Waals surface area contributed by atoms with Crippen LogP contribution in [0, 0.1) is 5.82 Å². The molecule has 2 heterocycles. The van der Waals surface area contributed by atoms with E-state index in [0.29, 0.717) is 22.6 Å². The van der Waals surface area contributed by atoms with Crippen molar-refractivity contribution in [3.8, 4) is 28.2 Å². The minimum atomic E-state index is -0.649. The molecule has 0 atom stereocenters. The van der Waals surface area contributed by atoms with Crippen LogP contribution in [0.5, 0.6) is 0 Å². The molecule has 138 valence electrons. The fraction of sp³-hybridized carbons (Fsp3) is 0.0455. The number of alkyl halides is 1. The minimum Gasteiger partial charge on any atom is -0.283 e. The largest absolute Gasteiger partial charge is 0.283 e. The first kappa shape index (κ1) is 17.7. The Bertz CT molecular complexity index is 1190. The van der Waals surface area contributed by atoms with Gasteiger partial charge in [-0.2, -0.15) is 0 Å². The Labute approximate surface area is 159 Å². The van der Waals surface area contributed by atoms with Gasteiger partial charge in [-0.05, 0) is 35.9 Å². The third kappa shape index (κ3) is 3.32. The third-order valence-corrected chi connectivity index (χ3v) is 4.35. The first-order valence-electron chi connectivity index (χ1n) is 8.61. The maximum absolute atomic E-state index is 14.4. The Morgan fingerprint density at radius 2 is 1.68 bits per heavy atom. The highest BCUT2D eigenvalue weighted by Gasteiger charge is 2.15. The number of rotatable bonds is 4. The SMILES string of the molecule is O=c1c(-c2ccccc2F)cc(-c2ncccn2)cn1-c1cccc(CF)c1. The molecule has 0 unspecified atom stereocenters. The summed E-state index contributed by atoms with van der Waals surface area (Å²) < 4.78 is 28.9. The Morgan fingerprint density at radius 3 is 2.43 bits per heavy atom. The molecule has 2 aromatic carbocycles. The lowest BCUT2D eigenvalue weighted by Crippen LogP contribution is -2.20. The summed E-state index contributed by atoms with van der Waals surface area (Å²) in [5.74, 6) is -0.106. The fourth-order valence-electron chi connectivity index (χ4n) is 3.01. The van der Waals surface area contributed by atoms with Crippen LogP contribution in [0.15, 0.2) is 84.0 Å². The van der Waals surface area contributed by atoms with Crippen LogP contribution < -0.4 is 5.56 Å². The van der Waals surface area contributed by atoms with Crippen molar-refractivity contribution in [2.24, 2.45) is 0 Å². The molecule has 4 aromatic rings. The summed E-state index contributed by atoms with van der Waals surface area (Å²) >= 11 is 0. The van der Waals surface area contributed by atoms with E-state index in [1.807, 2.05) is 0 Å². The monoisotopic (exact) mass is 375 g/mol. The summed E-state index contributed by atoms with van der Waals surface area (Å²) in [6, 6.07) is 15.9. The smallest absolute Gasteiger partial charge is 0.263 e. The van der Waals surface area contributed by atoms with Gasteiger partial charge < -0.3 is 0 Å². The van der Waals surface area contributed by atoms with Crippen molar-refractivity contribution in [3.05, 3.63) is 101 Å². The molecule has 0 saturated heterocycles. The van der Waals surface area contributed by atoms with Gasteiger partial charge in [-0.25, -0.2) is 18.7 Å². The average molecular weight is 375 g/mol. The van der Waals surface area contributed by atoms with Crippen molar-refractivity contribution in [3.63, 3.8) is 0 Å². The molecule has 0 saturated carbocycles. The molecule has 0 aliphatic heterocycles. The predicted octanol–water partition coefficient (Wildman–Crippen LogP) is 4.57. The van der Waals surface area contributed by atoms with Crippen LogP contribution in [0.25, 0.3) is 28.2 Å². The lowest BCUT2D eigenvalue weighted by molar-refractivity contribution is 0.485. The topological polar surface area (TPSA) is 47.8 Å². The Hall–Kier alpha value is -3.67. The molecular weight excluding hydrogens is 360 g/mol. The number of hydrogen-bond acceptors (Lipinski definition) is 3. The highest BCUT2D eigenvalue weighted by molar-refractivity contribution is 5.70. The fourth-order valence-corrected chi connectivity index (χ4v) is 3.01. The van der Waals surface area contributed by atoms with Crippen LogP contribution in [-0.2, 0) is 6.67 Å². The standard InChI is InChI=1S/C22H15F2N3O/c23-13-15-5-3-6-17(11-15)27-14-16(21-25-9-4-10-26-21)12-19(22(27)28)18-7-1-2-8-20(18)24/h1-12,14H,13H2. The lowest BCUT2D eigenvalue weighted by Gasteiger charge is -2.13. The zero-order chi connectivity index (χ0) is 19.5. The van der Waals surface area contributed by atoms with Crippen molar-refractivity contribution in [1.29, 1.82) is 0 Å². The van der Waals surface area contributed by atoms with Gasteiger partial charge in [0.1, 0.15) is 12.5 Å². The van der Waals surface area contributed by atoms with Crippen molar-refractivity contribution in [1.82, 2.24) is 14.5 Å². The van der Waals surface area contributed by atoms with Crippen molar-refractivity contribution < 1.29 is 8.78 Å². The molecule has 2 aromatic heterocycles. The molecule has 0 aliphatic carbocycles. The molecule has 4 nitrogen and oxygen atoms in total. The molecule has 4 rings (SSSR count). The predicted molar refractivity (Wildman–Crippen MR) is 103 cm³/mol. The van der Waals surface area contributed by atoms with Gasteiger partial charge in [0, 0.05) is 35.4 Å². The maximum Gasteiger partial charge on any atom is 0.263 e. The molecule has 0 fully saturated rings. The first-order chi connectivity index (χ1) is 13.7. The van der Waals surface area contributed by atoms with Crippen LogP contribution in [0.2, 0.25) is 0 Å². The Morgan fingerprint density at radius 1 is 0.893 bits per heavy atom. The lowest BCUT2D eigenvalue weighted by atomic mass is 10.0. The second-order valence-corrected chi connectivity index (χ2v) is 6.17. The Kier molecular flexibility index (Phi) is 4.76. The van der Waals surface area contributed by atoms with E-state index in [1.165, 1.54) is 10.6 Å². The van der Waals surface area contributed by atoms with Crippen LogP contribution in [0.4, 0.5) is 8.78 Å². The maximum atomic E-state index is 14.4. The number of benzene rings is 2. The second-order valence-electron chi connectivity index (χ2n) is 6.17. The van der Waals surface area contributed by atoms with Gasteiger partial charge in [-0.15, -0.1) is 0 Å². The van der Waals surface area contributed by atoms with Gasteiger partial charge in [0.15, 0.2) is 5.82 Å². The van der Waals surface area contributed by atoms with E-state index >= 15 is 0 Å². The van der Waals surface area contributed by atoms with E-state index in [1.54, 1.807) is 73.2 Å². The van der Waals surface area contributed by atoms with E-state index in [2.05, 4.69) is 9.97 Å². The molecule has 0 spiro atoms. The van der Waals surface area contributed by atoms with Gasteiger partial charge in [-0.1, -0.05) is 30.3 Å². The number of aromatic nitrogens is 3. The van der Waals surface area contributed by atoms with E-state index < -0.39 is 18.1 Å². The molecule has 0 amide bonds. The second kappa shape index (κ2) is 7.52. The minimum absolute atomic E-state index is 0.175. The van der Waals surface area contributed by atoms with Gasteiger partial charge in [-0.3, -0.25) is 9.36 Å². The molecule has 0 N–H and O–H groups in total. The van der Waals surface area contributed by atoms with Gasteiger partial charge >= 0.3 is 0 Å². The molecule has 0 aliphatic rings. The zero-order valence-electron chi connectivity index (χ0n) is 14.7. The highest BCUT2D eigenvalue weighted by Crippen LogP contribution is 2.25. The van der Waals surface area contributed by atoms with E-state index in [9.17, 15) is 13.6 Å². The quantitative estimate of drug-likeness (QED) is 0.525. The zero-order valence-corrected chi connectivity index (χ0v) is 14.7. The summed E-state index contributed by atoms with van der Waals surface area (Å²) in [4.78, 5) is 21.6. The van der Waals surface area contributed by atoms with Gasteiger partial charge in [0.25, 0.3) is 5.56 Å². The number of pyridine rings is 1. The average Bonchev–Trinajstić information content (AvgIpc) is 2.75. The summed E-state index contributed by atoms with van der Waals surface area (Å²) in [7, 11) is 0. The van der Waals surface area contributed by atoms with Crippen molar-refractivity contribution >= 4 is 0 Å². The first-order valence-corrected chi connectivity index (χ1v) is 8.61. The number of nitrogens with zero attached hydrogens (tertiary/aromatic N) is 3. The Balaban J connectivity index is 2.01. The normalized spacial score (nSPS) is 10.8. The van der Waals surface area contributed by atoms with Gasteiger partial charge in [0.2, 0.25) is 0 Å². The molecule has 0 radical (unpaired) electrons.